The van der Waals surface area contributed by atoms with Gasteiger partial charge in [-0.15, -0.1) is 0 Å². The fourth-order valence-corrected chi connectivity index (χ4v) is 3.03. The van der Waals surface area contributed by atoms with Crippen LogP contribution in [-0.2, 0) is 11.2 Å². The lowest BCUT2D eigenvalue weighted by Crippen LogP contribution is -2.37. The fraction of sp³-hybridized carbons (Fsp3) is 0.588. The zero-order chi connectivity index (χ0) is 15.1. The highest BCUT2D eigenvalue weighted by Crippen LogP contribution is 2.42. The summed E-state index contributed by atoms with van der Waals surface area (Å²) in [5.74, 6) is 0.235. The average molecular weight is 276 g/mol. The normalized spacial score (nSPS) is 21.2. The van der Waals surface area contributed by atoms with E-state index < -0.39 is 5.97 Å². The molecule has 3 heteroatoms. The van der Waals surface area contributed by atoms with Crippen molar-refractivity contribution in [2.24, 2.45) is 0 Å². The Hall–Kier alpha value is -1.51. The molecule has 0 fully saturated rings. The minimum absolute atomic E-state index is 0.161. The largest absolute Gasteiger partial charge is 0.487 e. The van der Waals surface area contributed by atoms with Gasteiger partial charge in [-0.05, 0) is 81.7 Å². The molecule has 0 aliphatic carbocycles. The Bertz CT molecular complexity index is 560. The van der Waals surface area contributed by atoms with Crippen LogP contribution in [0, 0.1) is 27.7 Å². The third-order valence-electron chi connectivity index (χ3n) is 4.87. The van der Waals surface area contributed by atoms with E-state index >= 15 is 0 Å². The molecule has 1 aromatic rings. The van der Waals surface area contributed by atoms with Crippen LogP contribution in [0.2, 0.25) is 0 Å². The first-order chi connectivity index (χ1) is 9.25. The maximum absolute atomic E-state index is 10.8. The van der Waals surface area contributed by atoms with Crippen molar-refractivity contribution in [2.75, 3.05) is 0 Å². The molecule has 20 heavy (non-hydrogen) atoms. The molecule has 0 amide bonds. The van der Waals surface area contributed by atoms with Gasteiger partial charge in [-0.25, -0.2) is 0 Å². The van der Waals surface area contributed by atoms with Gasteiger partial charge < -0.3 is 9.84 Å². The predicted octanol–water partition coefficient (Wildman–Crippen LogP) is 3.87. The topological polar surface area (TPSA) is 46.5 Å². The van der Waals surface area contributed by atoms with Crippen LogP contribution in [-0.4, -0.2) is 16.7 Å². The summed E-state index contributed by atoms with van der Waals surface area (Å²) in [5.41, 5.74) is 6.10. The summed E-state index contributed by atoms with van der Waals surface area (Å²) in [4.78, 5) is 10.8. The molecule has 1 N–H and O–H groups in total. The number of rotatable bonds is 3. The third kappa shape index (κ3) is 2.54. The molecule has 3 nitrogen and oxygen atoms in total. The molecule has 0 spiro atoms. The number of aliphatic carboxylic acids is 1. The van der Waals surface area contributed by atoms with Crippen LogP contribution in [0.5, 0.6) is 5.75 Å². The first-order valence-corrected chi connectivity index (χ1v) is 7.25. The van der Waals surface area contributed by atoms with Crippen LogP contribution in [0.15, 0.2) is 0 Å². The summed E-state index contributed by atoms with van der Waals surface area (Å²) in [6, 6.07) is 0. The molecule has 1 heterocycles. The molecule has 1 aliphatic rings. The van der Waals surface area contributed by atoms with Gasteiger partial charge in [0, 0.05) is 6.42 Å². The Balaban J connectivity index is 2.37. The smallest absolute Gasteiger partial charge is 0.303 e. The molecule has 0 radical (unpaired) electrons. The van der Waals surface area contributed by atoms with Crippen LogP contribution in [0.4, 0.5) is 0 Å². The summed E-state index contributed by atoms with van der Waals surface area (Å²) in [7, 11) is 0. The molecular formula is C17H24O3. The number of ether oxygens (including phenoxy) is 1. The number of carbonyl (C=O) groups is 1. The van der Waals surface area contributed by atoms with E-state index in [1.165, 1.54) is 27.8 Å². The quantitative estimate of drug-likeness (QED) is 0.911. The number of carboxylic acids is 1. The molecule has 1 aliphatic heterocycles. The summed E-state index contributed by atoms with van der Waals surface area (Å²) in [6.45, 7) is 10.6. The Morgan fingerprint density at radius 1 is 1.15 bits per heavy atom. The van der Waals surface area contributed by atoms with Crippen molar-refractivity contribution in [1.29, 1.82) is 0 Å². The lowest BCUT2D eigenvalue weighted by Gasteiger charge is -2.38. The van der Waals surface area contributed by atoms with E-state index in [1.807, 2.05) is 6.92 Å². The van der Waals surface area contributed by atoms with Crippen LogP contribution in [0.1, 0.15) is 54.0 Å². The summed E-state index contributed by atoms with van der Waals surface area (Å²) in [5, 5.41) is 8.88. The van der Waals surface area contributed by atoms with E-state index in [0.29, 0.717) is 6.42 Å². The number of fused-ring (bicyclic) bond motifs is 1. The minimum atomic E-state index is -0.756. The molecule has 1 unspecified atom stereocenters. The summed E-state index contributed by atoms with van der Waals surface area (Å²) >= 11 is 0. The second-order valence-corrected chi connectivity index (χ2v) is 6.25. The van der Waals surface area contributed by atoms with Crippen molar-refractivity contribution in [1.82, 2.24) is 0 Å². The zero-order valence-electron chi connectivity index (χ0n) is 13.1. The van der Waals surface area contributed by atoms with Gasteiger partial charge in [0.25, 0.3) is 0 Å². The molecule has 1 aromatic carbocycles. The van der Waals surface area contributed by atoms with Gasteiger partial charge in [0.2, 0.25) is 0 Å². The monoisotopic (exact) mass is 276 g/mol. The van der Waals surface area contributed by atoms with Gasteiger partial charge in [-0.1, -0.05) is 0 Å². The number of hydrogen-bond acceptors (Lipinski definition) is 2. The fourth-order valence-electron chi connectivity index (χ4n) is 3.03. The van der Waals surface area contributed by atoms with Crippen molar-refractivity contribution < 1.29 is 14.6 Å². The molecule has 0 saturated heterocycles. The van der Waals surface area contributed by atoms with Crippen LogP contribution < -0.4 is 4.74 Å². The average Bonchev–Trinajstić information content (AvgIpc) is 2.41. The summed E-state index contributed by atoms with van der Waals surface area (Å²) < 4.78 is 6.25. The number of carboxylic acid groups (broad SMARTS) is 1. The van der Waals surface area contributed by atoms with Gasteiger partial charge in [-0.3, -0.25) is 4.79 Å². The predicted molar refractivity (Wildman–Crippen MR) is 79.6 cm³/mol. The molecule has 0 aromatic heterocycles. The van der Waals surface area contributed by atoms with Crippen molar-refractivity contribution in [3.63, 3.8) is 0 Å². The van der Waals surface area contributed by atoms with Gasteiger partial charge in [0.15, 0.2) is 0 Å². The van der Waals surface area contributed by atoms with E-state index in [9.17, 15) is 4.79 Å². The molecule has 1 atom stereocenters. The van der Waals surface area contributed by atoms with Gasteiger partial charge in [0.05, 0.1) is 0 Å². The Labute approximate surface area is 121 Å². The van der Waals surface area contributed by atoms with Gasteiger partial charge >= 0.3 is 5.97 Å². The highest BCUT2D eigenvalue weighted by Gasteiger charge is 2.34. The van der Waals surface area contributed by atoms with Crippen molar-refractivity contribution in [3.8, 4) is 5.75 Å². The van der Waals surface area contributed by atoms with Crippen molar-refractivity contribution in [3.05, 3.63) is 27.8 Å². The maximum Gasteiger partial charge on any atom is 0.303 e. The maximum atomic E-state index is 10.8. The van der Waals surface area contributed by atoms with E-state index in [4.69, 9.17) is 9.84 Å². The van der Waals surface area contributed by atoms with E-state index in [0.717, 1.165) is 18.6 Å². The number of benzene rings is 1. The molecule has 2 rings (SSSR count). The van der Waals surface area contributed by atoms with E-state index in [-0.39, 0.29) is 12.0 Å². The SMILES string of the molecule is Cc1c(C)c(C)c2c(c1C)CCC(C)(CCC(=O)O)O2. The van der Waals surface area contributed by atoms with E-state index in [1.54, 1.807) is 0 Å². The lowest BCUT2D eigenvalue weighted by molar-refractivity contribution is -0.138. The highest BCUT2D eigenvalue weighted by molar-refractivity contribution is 5.66. The minimum Gasteiger partial charge on any atom is -0.487 e. The Kier molecular flexibility index (Phi) is 3.81. The molecular weight excluding hydrogens is 252 g/mol. The first kappa shape index (κ1) is 14.9. The Morgan fingerprint density at radius 3 is 2.35 bits per heavy atom. The second kappa shape index (κ2) is 5.12. The first-order valence-electron chi connectivity index (χ1n) is 7.25. The van der Waals surface area contributed by atoms with E-state index in [2.05, 4.69) is 27.7 Å². The molecule has 0 saturated carbocycles. The highest BCUT2D eigenvalue weighted by atomic mass is 16.5. The van der Waals surface area contributed by atoms with Crippen LogP contribution >= 0.6 is 0 Å². The van der Waals surface area contributed by atoms with Gasteiger partial charge in [-0.2, -0.15) is 0 Å². The zero-order valence-corrected chi connectivity index (χ0v) is 13.1. The van der Waals surface area contributed by atoms with Crippen molar-refractivity contribution >= 4 is 5.97 Å². The summed E-state index contributed by atoms with van der Waals surface area (Å²) in [6.07, 6.45) is 2.58. The van der Waals surface area contributed by atoms with Crippen LogP contribution in [0.25, 0.3) is 0 Å². The number of hydrogen-bond donors (Lipinski definition) is 1. The second-order valence-electron chi connectivity index (χ2n) is 6.25. The Morgan fingerprint density at radius 2 is 1.75 bits per heavy atom. The van der Waals surface area contributed by atoms with Crippen molar-refractivity contribution in [2.45, 2.75) is 65.9 Å². The third-order valence-corrected chi connectivity index (χ3v) is 4.87. The van der Waals surface area contributed by atoms with Crippen LogP contribution in [0.3, 0.4) is 0 Å². The molecule has 110 valence electrons. The lowest BCUT2D eigenvalue weighted by atomic mass is 9.84. The van der Waals surface area contributed by atoms with Gasteiger partial charge in [0.1, 0.15) is 11.4 Å². The molecule has 0 bridgehead atoms. The standard InChI is InChI=1S/C17H24O3/c1-10-11(2)13(4)16-14(12(10)3)6-8-17(5,20-16)9-7-15(18)19/h6-9H2,1-5H3,(H,18,19).